The molecule has 1 aromatic carbocycles. The number of nitrogens with zero attached hydrogens (tertiary/aromatic N) is 3. The normalized spacial score (nSPS) is 10.7. The first-order valence-corrected chi connectivity index (χ1v) is 8.82. The average Bonchev–Trinajstić information content (AvgIpc) is 3.07. The van der Waals surface area contributed by atoms with E-state index in [1.54, 1.807) is 6.20 Å². The minimum absolute atomic E-state index is 0.130. The predicted octanol–water partition coefficient (Wildman–Crippen LogP) is 3.54. The Bertz CT molecular complexity index is 778. The van der Waals surface area contributed by atoms with Gasteiger partial charge in [0.05, 0.1) is 11.5 Å². The topological polar surface area (TPSA) is 70.9 Å². The zero-order valence-electron chi connectivity index (χ0n) is 12.5. The highest BCUT2D eigenvalue weighted by atomic mass is 32.2. The molecule has 7 heteroatoms. The van der Waals surface area contributed by atoms with E-state index in [0.717, 1.165) is 26.7 Å². The van der Waals surface area contributed by atoms with E-state index in [1.807, 2.05) is 31.3 Å². The summed E-state index contributed by atoms with van der Waals surface area (Å²) in [6, 6.07) is 8.04. The van der Waals surface area contributed by atoms with Crippen LogP contribution in [0.15, 0.2) is 41.7 Å². The Hall–Kier alpha value is -1.96. The summed E-state index contributed by atoms with van der Waals surface area (Å²) in [7, 11) is 0. The van der Waals surface area contributed by atoms with Gasteiger partial charge < -0.3 is 10.4 Å². The molecule has 3 aromatic rings. The first-order valence-electron chi connectivity index (χ1n) is 7.02. The molecule has 5 nitrogen and oxygen atoms in total. The van der Waals surface area contributed by atoms with Gasteiger partial charge in [0.25, 0.3) is 0 Å². The predicted molar refractivity (Wildman–Crippen MR) is 94.2 cm³/mol. The molecule has 0 unspecified atom stereocenters. The van der Waals surface area contributed by atoms with Gasteiger partial charge in [0.2, 0.25) is 5.95 Å². The fraction of sp³-hybridized carbons (Fsp3) is 0.188. The van der Waals surface area contributed by atoms with E-state index >= 15 is 0 Å². The van der Waals surface area contributed by atoms with Crippen LogP contribution in [0.3, 0.4) is 0 Å². The van der Waals surface area contributed by atoms with Crippen molar-refractivity contribution in [2.24, 2.45) is 0 Å². The number of aliphatic hydroxyl groups is 1. The summed E-state index contributed by atoms with van der Waals surface area (Å²) in [5.41, 5.74) is 6.03. The molecule has 2 N–H and O–H groups in total. The second-order valence-electron chi connectivity index (χ2n) is 4.82. The Morgan fingerprint density at radius 2 is 2.26 bits per heavy atom. The van der Waals surface area contributed by atoms with Crippen LogP contribution in [-0.2, 0) is 0 Å². The average molecular weight is 343 g/mol. The minimum atomic E-state index is 0.130. The van der Waals surface area contributed by atoms with E-state index in [0.29, 0.717) is 11.7 Å². The summed E-state index contributed by atoms with van der Waals surface area (Å²) < 4.78 is 0. The van der Waals surface area contributed by atoms with Gasteiger partial charge >= 0.3 is 0 Å². The van der Waals surface area contributed by atoms with Gasteiger partial charge in [0.1, 0.15) is 5.03 Å². The number of aryl methyl sites for hydroxylation is 1. The number of thiazole rings is 1. The molecule has 3 rings (SSSR count). The molecule has 0 saturated carbocycles. The van der Waals surface area contributed by atoms with E-state index < -0.39 is 0 Å². The van der Waals surface area contributed by atoms with Crippen LogP contribution in [0.25, 0.3) is 10.4 Å². The minimum Gasteiger partial charge on any atom is -0.396 e. The molecule has 0 bridgehead atoms. The van der Waals surface area contributed by atoms with Gasteiger partial charge in [0.15, 0.2) is 5.51 Å². The molecule has 0 aliphatic heterocycles. The van der Waals surface area contributed by atoms with Crippen molar-refractivity contribution in [3.05, 3.63) is 47.7 Å². The van der Waals surface area contributed by atoms with Crippen LogP contribution in [0.1, 0.15) is 5.56 Å². The molecule has 117 valence electrons. The number of aliphatic hydroxyl groups excluding tert-OH is 1. The van der Waals surface area contributed by atoms with Crippen LogP contribution in [-0.4, -0.2) is 32.4 Å². The molecule has 0 spiro atoms. The molecule has 0 aliphatic rings. The Morgan fingerprint density at radius 3 is 3.04 bits per heavy atom. The second-order valence-corrected chi connectivity index (χ2v) is 6.76. The fourth-order valence-corrected chi connectivity index (χ4v) is 3.23. The van der Waals surface area contributed by atoms with E-state index in [9.17, 15) is 0 Å². The third-order valence-electron chi connectivity index (χ3n) is 2.98. The molecule has 0 amide bonds. The summed E-state index contributed by atoms with van der Waals surface area (Å²) in [5.74, 6) is 1.16. The van der Waals surface area contributed by atoms with Gasteiger partial charge in [-0.3, -0.25) is 0 Å². The van der Waals surface area contributed by atoms with Crippen molar-refractivity contribution in [3.63, 3.8) is 0 Å². The van der Waals surface area contributed by atoms with Crippen LogP contribution in [0.4, 0.5) is 11.6 Å². The van der Waals surface area contributed by atoms with Crippen molar-refractivity contribution in [2.45, 2.75) is 11.9 Å². The number of hydrogen-bond donors (Lipinski definition) is 2. The SMILES string of the molecule is Cc1cc(Nc2nccc(SCCO)n2)cc(-c2cn[c]s2)c1. The summed E-state index contributed by atoms with van der Waals surface area (Å²) in [4.78, 5) is 13.8. The van der Waals surface area contributed by atoms with Crippen molar-refractivity contribution in [2.75, 3.05) is 17.7 Å². The van der Waals surface area contributed by atoms with Gasteiger partial charge in [-0.05, 0) is 36.2 Å². The monoisotopic (exact) mass is 343 g/mol. The molecule has 0 aliphatic carbocycles. The summed E-state index contributed by atoms with van der Waals surface area (Å²) in [5, 5.41) is 13.0. The quantitative estimate of drug-likeness (QED) is 0.527. The van der Waals surface area contributed by atoms with E-state index in [2.05, 4.69) is 31.8 Å². The zero-order chi connectivity index (χ0) is 16.1. The highest BCUT2D eigenvalue weighted by Crippen LogP contribution is 2.28. The van der Waals surface area contributed by atoms with Crippen LogP contribution in [0.2, 0.25) is 0 Å². The van der Waals surface area contributed by atoms with Crippen molar-refractivity contribution < 1.29 is 5.11 Å². The number of aromatic nitrogens is 3. The molecule has 2 aromatic heterocycles. The van der Waals surface area contributed by atoms with E-state index in [-0.39, 0.29) is 6.61 Å². The third kappa shape index (κ3) is 4.28. The maximum atomic E-state index is 8.90. The maximum Gasteiger partial charge on any atom is 0.228 e. The van der Waals surface area contributed by atoms with Gasteiger partial charge in [-0.15, -0.1) is 23.1 Å². The maximum absolute atomic E-state index is 8.90. The first-order chi connectivity index (χ1) is 11.2. The fourth-order valence-electron chi connectivity index (χ4n) is 2.08. The molecule has 1 radical (unpaired) electrons. The summed E-state index contributed by atoms with van der Waals surface area (Å²) in [6.07, 6.45) is 3.52. The van der Waals surface area contributed by atoms with Gasteiger partial charge in [-0.2, -0.15) is 0 Å². The van der Waals surface area contributed by atoms with Crippen molar-refractivity contribution in [1.29, 1.82) is 0 Å². The lowest BCUT2D eigenvalue weighted by Gasteiger charge is -2.09. The van der Waals surface area contributed by atoms with Crippen LogP contribution >= 0.6 is 23.1 Å². The van der Waals surface area contributed by atoms with Crippen molar-refractivity contribution in [1.82, 2.24) is 15.0 Å². The van der Waals surface area contributed by atoms with Gasteiger partial charge in [-0.1, -0.05) is 6.07 Å². The van der Waals surface area contributed by atoms with Gasteiger partial charge in [-0.25, -0.2) is 15.0 Å². The lowest BCUT2D eigenvalue weighted by atomic mass is 10.1. The third-order valence-corrected chi connectivity index (χ3v) is 4.65. The number of benzene rings is 1. The standard InChI is InChI=1S/C16H15N4OS2/c1-11-6-12(14-9-17-10-23-14)8-13(7-11)19-16-18-3-2-15(20-16)22-5-4-21/h2-3,6-9,21H,4-5H2,1H3,(H,18,19,20). The molecule has 2 heterocycles. The van der Waals surface area contributed by atoms with Crippen LogP contribution in [0.5, 0.6) is 0 Å². The number of anilines is 2. The smallest absolute Gasteiger partial charge is 0.228 e. The Morgan fingerprint density at radius 1 is 1.35 bits per heavy atom. The number of nitrogens with one attached hydrogen (secondary N) is 1. The number of rotatable bonds is 6. The Balaban J connectivity index is 1.83. The highest BCUT2D eigenvalue weighted by molar-refractivity contribution is 7.99. The lowest BCUT2D eigenvalue weighted by molar-refractivity contribution is 0.322. The lowest BCUT2D eigenvalue weighted by Crippen LogP contribution is -1.98. The molecule has 0 saturated heterocycles. The first kappa shape index (κ1) is 15.9. The second kappa shape index (κ2) is 7.54. The Labute approximate surface area is 142 Å². The van der Waals surface area contributed by atoms with Gasteiger partial charge in [0, 0.05) is 23.8 Å². The molecule has 0 fully saturated rings. The summed E-state index contributed by atoms with van der Waals surface area (Å²) in [6.45, 7) is 2.18. The van der Waals surface area contributed by atoms with Crippen LogP contribution < -0.4 is 5.32 Å². The molecular formula is C16H15N4OS2. The van der Waals surface area contributed by atoms with Crippen molar-refractivity contribution in [3.8, 4) is 10.4 Å². The summed E-state index contributed by atoms with van der Waals surface area (Å²) >= 11 is 2.99. The van der Waals surface area contributed by atoms with E-state index in [4.69, 9.17) is 5.11 Å². The number of hydrogen-bond acceptors (Lipinski definition) is 7. The largest absolute Gasteiger partial charge is 0.396 e. The zero-order valence-corrected chi connectivity index (χ0v) is 14.1. The highest BCUT2D eigenvalue weighted by Gasteiger charge is 2.06. The molecule has 0 atom stereocenters. The van der Waals surface area contributed by atoms with Crippen molar-refractivity contribution >= 4 is 34.7 Å². The van der Waals surface area contributed by atoms with Crippen LogP contribution in [0, 0.1) is 12.4 Å². The molecular weight excluding hydrogens is 328 g/mol. The molecule has 23 heavy (non-hydrogen) atoms. The number of thioether (sulfide) groups is 1. The van der Waals surface area contributed by atoms with E-state index in [1.165, 1.54) is 23.1 Å². The Kier molecular flexibility index (Phi) is 5.22.